The van der Waals surface area contributed by atoms with Gasteiger partial charge in [0.2, 0.25) is 0 Å². The predicted molar refractivity (Wildman–Crippen MR) is 129 cm³/mol. The third kappa shape index (κ3) is 8.69. The molecule has 1 aliphatic carbocycles. The van der Waals surface area contributed by atoms with E-state index < -0.39 is 0 Å². The van der Waals surface area contributed by atoms with E-state index in [1.165, 1.54) is 14.0 Å². The average molecular weight is 411 g/mol. The van der Waals surface area contributed by atoms with Crippen molar-refractivity contribution in [2.24, 2.45) is 11.3 Å². The van der Waals surface area contributed by atoms with E-state index in [0.29, 0.717) is 22.8 Å². The highest BCUT2D eigenvalue weighted by Crippen LogP contribution is 2.41. The molecular weight excluding hydrogens is 372 g/mol. The van der Waals surface area contributed by atoms with Crippen LogP contribution >= 0.6 is 0 Å². The summed E-state index contributed by atoms with van der Waals surface area (Å²) in [6, 6.07) is 0. The van der Waals surface area contributed by atoms with Gasteiger partial charge in [0.25, 0.3) is 0 Å². The number of esters is 1. The van der Waals surface area contributed by atoms with Gasteiger partial charge in [-0.25, -0.2) is 0 Å². The predicted octanol–water partition coefficient (Wildman–Crippen LogP) is 7.05. The molecule has 0 bridgehead atoms. The normalized spacial score (nSPS) is 20.5. The van der Waals surface area contributed by atoms with Crippen molar-refractivity contribution in [1.82, 2.24) is 0 Å². The molecule has 0 N–H and O–H groups in total. The molecule has 0 saturated carbocycles. The highest BCUT2D eigenvalue weighted by atomic mass is 16.5. The zero-order valence-electron chi connectivity index (χ0n) is 19.6. The SMILES string of the molecule is C=C(/C=C(/COC(C)=O)C(=C)OC)C(=C)/C(C)=C\C(=C)[C@@]1(C)C=CC(C)C1.C=CC. The summed E-state index contributed by atoms with van der Waals surface area (Å²) >= 11 is 0. The van der Waals surface area contributed by atoms with Crippen molar-refractivity contribution >= 4 is 5.97 Å². The Kier molecular flexibility index (Phi) is 11.5. The summed E-state index contributed by atoms with van der Waals surface area (Å²) < 4.78 is 10.2. The summed E-state index contributed by atoms with van der Waals surface area (Å²) in [5.74, 6) is 0.619. The second kappa shape index (κ2) is 12.7. The molecule has 30 heavy (non-hydrogen) atoms. The summed E-state index contributed by atoms with van der Waals surface area (Å²) in [4.78, 5) is 11.1. The standard InChI is InChI=1S/C24H32O3.C3H6/c1-16-10-11-24(8,14-16)19(4)12-17(2)20(5)18(3)13-23(21(6)26-9)15-27-22(7)25;1-3-2/h10-13,16H,3-6,14-15H2,1-2,7-9H3;3H,1H2,2H3/b17-12-,23-13-;/t16?,24-;/m0./s1. The molecule has 0 aromatic rings. The van der Waals surface area contributed by atoms with Gasteiger partial charge in [-0.2, -0.15) is 0 Å². The number of carbonyl (C=O) groups is 1. The minimum Gasteiger partial charge on any atom is -0.497 e. The van der Waals surface area contributed by atoms with E-state index in [0.717, 1.165) is 23.1 Å². The molecule has 0 aromatic heterocycles. The maximum absolute atomic E-state index is 11.1. The molecule has 1 rings (SSSR count). The van der Waals surface area contributed by atoms with Gasteiger partial charge in [0.15, 0.2) is 0 Å². The fraction of sp³-hybridized carbons (Fsp3) is 0.370. The lowest BCUT2D eigenvalue weighted by molar-refractivity contribution is -0.139. The van der Waals surface area contributed by atoms with Crippen LogP contribution in [0.3, 0.4) is 0 Å². The van der Waals surface area contributed by atoms with Crippen LogP contribution in [0.15, 0.2) is 96.9 Å². The van der Waals surface area contributed by atoms with Crippen molar-refractivity contribution in [2.45, 2.75) is 41.0 Å². The summed E-state index contributed by atoms with van der Waals surface area (Å²) in [7, 11) is 1.52. The number of carbonyl (C=O) groups excluding carboxylic acids is 1. The van der Waals surface area contributed by atoms with Crippen LogP contribution in [0.25, 0.3) is 0 Å². The van der Waals surface area contributed by atoms with Gasteiger partial charge in [-0.15, -0.1) is 6.58 Å². The second-order valence-electron chi connectivity index (χ2n) is 7.80. The van der Waals surface area contributed by atoms with Crippen LogP contribution in [-0.4, -0.2) is 19.7 Å². The van der Waals surface area contributed by atoms with Crippen molar-refractivity contribution in [1.29, 1.82) is 0 Å². The second-order valence-corrected chi connectivity index (χ2v) is 7.80. The quantitative estimate of drug-likeness (QED) is 0.177. The molecule has 0 spiro atoms. The number of ether oxygens (including phenoxy) is 2. The molecule has 0 aliphatic heterocycles. The van der Waals surface area contributed by atoms with Crippen molar-refractivity contribution in [3.8, 4) is 0 Å². The third-order valence-electron chi connectivity index (χ3n) is 4.91. The molecule has 0 fully saturated rings. The minimum atomic E-state index is -0.367. The Hall–Kier alpha value is -2.81. The van der Waals surface area contributed by atoms with Gasteiger partial charge in [-0.3, -0.25) is 4.79 Å². The van der Waals surface area contributed by atoms with Crippen LogP contribution in [0, 0.1) is 11.3 Å². The molecule has 0 aromatic carbocycles. The molecule has 1 aliphatic rings. The molecule has 0 radical (unpaired) electrons. The molecule has 1 unspecified atom stereocenters. The maximum atomic E-state index is 11.1. The van der Waals surface area contributed by atoms with Crippen LogP contribution in [0.4, 0.5) is 0 Å². The first-order chi connectivity index (χ1) is 13.9. The average Bonchev–Trinajstić information content (AvgIpc) is 3.04. The van der Waals surface area contributed by atoms with Gasteiger partial charge in [0, 0.05) is 17.9 Å². The number of hydrogen-bond donors (Lipinski definition) is 0. The number of hydrogen-bond acceptors (Lipinski definition) is 3. The minimum absolute atomic E-state index is 0.0248. The molecular formula is C27H38O3. The van der Waals surface area contributed by atoms with E-state index in [4.69, 9.17) is 9.47 Å². The Balaban J connectivity index is 0.00000263. The zero-order chi connectivity index (χ0) is 23.5. The zero-order valence-corrected chi connectivity index (χ0v) is 19.6. The molecule has 3 nitrogen and oxygen atoms in total. The highest BCUT2D eigenvalue weighted by Gasteiger charge is 2.29. The van der Waals surface area contributed by atoms with E-state index >= 15 is 0 Å². The summed E-state index contributed by atoms with van der Waals surface area (Å²) in [6.45, 7) is 29.5. The lowest BCUT2D eigenvalue weighted by atomic mass is 9.79. The van der Waals surface area contributed by atoms with Crippen molar-refractivity contribution in [2.75, 3.05) is 13.7 Å². The summed E-state index contributed by atoms with van der Waals surface area (Å²) in [5.41, 5.74) is 4.16. The molecule has 0 amide bonds. The van der Waals surface area contributed by atoms with Gasteiger partial charge < -0.3 is 9.47 Å². The lowest BCUT2D eigenvalue weighted by Crippen LogP contribution is -2.13. The van der Waals surface area contributed by atoms with Gasteiger partial charge in [0.05, 0.1) is 7.11 Å². The van der Waals surface area contributed by atoms with Gasteiger partial charge in [-0.05, 0) is 54.6 Å². The van der Waals surface area contributed by atoms with E-state index in [9.17, 15) is 4.79 Å². The fourth-order valence-corrected chi connectivity index (χ4v) is 3.00. The van der Waals surface area contributed by atoms with Gasteiger partial charge >= 0.3 is 5.97 Å². The van der Waals surface area contributed by atoms with E-state index in [-0.39, 0.29) is 18.0 Å². The van der Waals surface area contributed by atoms with Crippen LogP contribution in [0.2, 0.25) is 0 Å². The van der Waals surface area contributed by atoms with E-state index in [1.54, 1.807) is 12.2 Å². The van der Waals surface area contributed by atoms with Crippen LogP contribution in [-0.2, 0) is 14.3 Å². The van der Waals surface area contributed by atoms with E-state index in [1.807, 2.05) is 13.8 Å². The monoisotopic (exact) mass is 410 g/mol. The largest absolute Gasteiger partial charge is 0.497 e. The van der Waals surface area contributed by atoms with Crippen LogP contribution in [0.5, 0.6) is 0 Å². The lowest BCUT2D eigenvalue weighted by Gasteiger charge is -2.24. The van der Waals surface area contributed by atoms with Crippen molar-refractivity contribution in [3.63, 3.8) is 0 Å². The number of methoxy groups -OCH3 is 1. The molecule has 0 heterocycles. The Morgan fingerprint density at radius 1 is 1.20 bits per heavy atom. The highest BCUT2D eigenvalue weighted by molar-refractivity contribution is 5.66. The smallest absolute Gasteiger partial charge is 0.302 e. The van der Waals surface area contributed by atoms with Crippen molar-refractivity contribution < 1.29 is 14.3 Å². The molecule has 0 saturated heterocycles. The maximum Gasteiger partial charge on any atom is 0.302 e. The first kappa shape index (κ1) is 27.2. The van der Waals surface area contributed by atoms with E-state index in [2.05, 4.69) is 65.0 Å². The Labute approximate surface area is 183 Å². The first-order valence-electron chi connectivity index (χ1n) is 10.0. The van der Waals surface area contributed by atoms with Crippen LogP contribution < -0.4 is 0 Å². The first-order valence-corrected chi connectivity index (χ1v) is 10.0. The molecule has 3 heteroatoms. The Morgan fingerprint density at radius 2 is 1.77 bits per heavy atom. The topological polar surface area (TPSA) is 35.5 Å². The Morgan fingerprint density at radius 3 is 2.20 bits per heavy atom. The van der Waals surface area contributed by atoms with Crippen LogP contribution in [0.1, 0.15) is 41.0 Å². The molecule has 164 valence electrons. The fourth-order valence-electron chi connectivity index (χ4n) is 3.00. The third-order valence-corrected chi connectivity index (χ3v) is 4.91. The van der Waals surface area contributed by atoms with Crippen molar-refractivity contribution in [3.05, 3.63) is 96.9 Å². The molecule has 2 atom stereocenters. The number of rotatable bonds is 9. The Bertz CT molecular complexity index is 789. The summed E-state index contributed by atoms with van der Waals surface area (Å²) in [5, 5.41) is 0. The number of allylic oxidation sites excluding steroid dienone is 9. The van der Waals surface area contributed by atoms with Gasteiger partial charge in [-0.1, -0.05) is 64.5 Å². The van der Waals surface area contributed by atoms with Gasteiger partial charge in [0.1, 0.15) is 12.4 Å². The summed E-state index contributed by atoms with van der Waals surface area (Å²) in [6.07, 6.45) is 11.1.